The zero-order chi connectivity index (χ0) is 15.4. The highest BCUT2D eigenvalue weighted by molar-refractivity contribution is 6.31. The van der Waals surface area contributed by atoms with Gasteiger partial charge in [0.1, 0.15) is 0 Å². The summed E-state index contributed by atoms with van der Waals surface area (Å²) in [6.45, 7) is 0. The zero-order valence-electron chi connectivity index (χ0n) is 11.1. The smallest absolute Gasteiger partial charge is 0.249 e. The predicted octanol–water partition coefficient (Wildman–Crippen LogP) is 3.91. The summed E-state index contributed by atoms with van der Waals surface area (Å²) >= 11 is 11.6. The van der Waals surface area contributed by atoms with Gasteiger partial charge >= 0.3 is 0 Å². The molecule has 0 heterocycles. The molecular weight excluding hydrogens is 309 g/mol. The van der Waals surface area contributed by atoms with Gasteiger partial charge in [0.2, 0.25) is 5.91 Å². The number of hydrogen-bond acceptors (Lipinski definition) is 2. The number of halogens is 2. The average Bonchev–Trinajstić information content (AvgIpc) is 2.46. The van der Waals surface area contributed by atoms with Crippen LogP contribution in [0.25, 0.3) is 0 Å². The standard InChI is InChI=1S/C16H13Cl2NO2/c17-11-4-1-10(2-5-11)3-8-15(20)13-7-6-12(18)9-14(13)16(19)21/h1-2,4-7,9H,3,8H2,(H2,19,21). The van der Waals surface area contributed by atoms with E-state index in [9.17, 15) is 9.59 Å². The molecule has 0 aromatic heterocycles. The molecule has 0 fully saturated rings. The minimum atomic E-state index is -0.660. The maximum absolute atomic E-state index is 12.2. The molecule has 0 saturated carbocycles. The molecule has 3 nitrogen and oxygen atoms in total. The van der Waals surface area contributed by atoms with E-state index in [-0.39, 0.29) is 17.8 Å². The Hall–Kier alpha value is -1.84. The molecule has 0 aliphatic carbocycles. The van der Waals surface area contributed by atoms with Crippen LogP contribution < -0.4 is 5.73 Å². The monoisotopic (exact) mass is 321 g/mol. The lowest BCUT2D eigenvalue weighted by Gasteiger charge is -2.07. The van der Waals surface area contributed by atoms with Gasteiger partial charge in [-0.15, -0.1) is 0 Å². The molecule has 21 heavy (non-hydrogen) atoms. The highest BCUT2D eigenvalue weighted by Crippen LogP contribution is 2.19. The first-order valence-corrected chi connectivity index (χ1v) is 7.10. The van der Waals surface area contributed by atoms with E-state index in [0.717, 1.165) is 5.56 Å². The van der Waals surface area contributed by atoms with Crippen LogP contribution in [0, 0.1) is 0 Å². The zero-order valence-corrected chi connectivity index (χ0v) is 12.6. The Balaban J connectivity index is 2.13. The fourth-order valence-electron chi connectivity index (χ4n) is 2.01. The van der Waals surface area contributed by atoms with Crippen molar-refractivity contribution in [2.45, 2.75) is 12.8 Å². The largest absolute Gasteiger partial charge is 0.366 e. The summed E-state index contributed by atoms with van der Waals surface area (Å²) in [5, 5.41) is 1.02. The number of benzene rings is 2. The first-order chi connectivity index (χ1) is 9.97. The Kier molecular flexibility index (Phi) is 4.99. The normalized spacial score (nSPS) is 10.4. The first-order valence-electron chi connectivity index (χ1n) is 6.34. The summed E-state index contributed by atoms with van der Waals surface area (Å²) in [5.74, 6) is -0.803. The fraction of sp³-hybridized carbons (Fsp3) is 0.125. The van der Waals surface area contributed by atoms with Gasteiger partial charge < -0.3 is 5.73 Å². The molecule has 5 heteroatoms. The van der Waals surface area contributed by atoms with Crippen molar-refractivity contribution in [3.05, 3.63) is 69.2 Å². The highest BCUT2D eigenvalue weighted by atomic mass is 35.5. The molecule has 2 aromatic rings. The molecule has 0 bridgehead atoms. The summed E-state index contributed by atoms with van der Waals surface area (Å²) in [6.07, 6.45) is 0.848. The molecule has 2 rings (SSSR count). The Labute approximate surface area is 132 Å². The van der Waals surface area contributed by atoms with Crippen LogP contribution in [0.5, 0.6) is 0 Å². The summed E-state index contributed by atoms with van der Waals surface area (Å²) in [5.41, 5.74) is 6.75. The van der Waals surface area contributed by atoms with Crippen molar-refractivity contribution in [3.63, 3.8) is 0 Å². The van der Waals surface area contributed by atoms with Crippen LogP contribution in [-0.2, 0) is 6.42 Å². The van der Waals surface area contributed by atoms with Crippen molar-refractivity contribution < 1.29 is 9.59 Å². The number of amides is 1. The van der Waals surface area contributed by atoms with Gasteiger partial charge in [-0.1, -0.05) is 35.3 Å². The maximum Gasteiger partial charge on any atom is 0.249 e. The van der Waals surface area contributed by atoms with Crippen LogP contribution in [0.15, 0.2) is 42.5 Å². The van der Waals surface area contributed by atoms with Gasteiger partial charge in [-0.3, -0.25) is 9.59 Å². The molecule has 0 spiro atoms. The van der Waals surface area contributed by atoms with E-state index in [2.05, 4.69) is 0 Å². The number of Topliss-reactive ketones (excluding diaryl/α,β-unsaturated/α-hetero) is 1. The third-order valence-electron chi connectivity index (χ3n) is 3.10. The van der Waals surface area contributed by atoms with E-state index in [1.165, 1.54) is 12.1 Å². The van der Waals surface area contributed by atoms with Crippen LogP contribution in [0.4, 0.5) is 0 Å². The van der Waals surface area contributed by atoms with E-state index in [0.29, 0.717) is 22.0 Å². The first kappa shape index (κ1) is 15.5. The van der Waals surface area contributed by atoms with E-state index in [1.807, 2.05) is 12.1 Å². The lowest BCUT2D eigenvalue weighted by molar-refractivity contribution is 0.0957. The van der Waals surface area contributed by atoms with Gasteiger partial charge in [-0.2, -0.15) is 0 Å². The Morgan fingerprint density at radius 1 is 0.905 bits per heavy atom. The van der Waals surface area contributed by atoms with Crippen molar-refractivity contribution in [2.75, 3.05) is 0 Å². The lowest BCUT2D eigenvalue weighted by Crippen LogP contribution is -2.16. The summed E-state index contributed by atoms with van der Waals surface area (Å²) < 4.78 is 0. The van der Waals surface area contributed by atoms with Gasteiger partial charge in [-0.05, 0) is 42.3 Å². The van der Waals surface area contributed by atoms with Gasteiger partial charge in [0.25, 0.3) is 0 Å². The van der Waals surface area contributed by atoms with Gasteiger partial charge in [0.15, 0.2) is 5.78 Å². The number of carbonyl (C=O) groups is 2. The minimum Gasteiger partial charge on any atom is -0.366 e. The third kappa shape index (κ3) is 4.06. The fourth-order valence-corrected chi connectivity index (χ4v) is 2.31. The van der Waals surface area contributed by atoms with Crippen molar-refractivity contribution in [2.24, 2.45) is 5.73 Å². The van der Waals surface area contributed by atoms with Crippen LogP contribution in [0.1, 0.15) is 32.7 Å². The quantitative estimate of drug-likeness (QED) is 0.849. The van der Waals surface area contributed by atoms with Crippen molar-refractivity contribution in [1.29, 1.82) is 0 Å². The Morgan fingerprint density at radius 3 is 2.14 bits per heavy atom. The molecule has 0 radical (unpaired) electrons. The van der Waals surface area contributed by atoms with Gasteiger partial charge in [0.05, 0.1) is 5.56 Å². The SMILES string of the molecule is NC(=O)c1cc(Cl)ccc1C(=O)CCc1ccc(Cl)cc1. The molecule has 0 unspecified atom stereocenters. The van der Waals surface area contributed by atoms with Crippen LogP contribution in [-0.4, -0.2) is 11.7 Å². The average molecular weight is 322 g/mol. The number of carbonyl (C=O) groups excluding carboxylic acids is 2. The van der Waals surface area contributed by atoms with Crippen molar-refractivity contribution in [1.82, 2.24) is 0 Å². The van der Waals surface area contributed by atoms with Gasteiger partial charge in [-0.25, -0.2) is 0 Å². The number of primary amides is 1. The van der Waals surface area contributed by atoms with E-state index < -0.39 is 5.91 Å². The number of hydrogen-bond donors (Lipinski definition) is 1. The number of ketones is 1. The molecule has 0 aliphatic rings. The Morgan fingerprint density at radius 2 is 1.52 bits per heavy atom. The summed E-state index contributed by atoms with van der Waals surface area (Å²) in [6, 6.07) is 11.8. The number of rotatable bonds is 5. The predicted molar refractivity (Wildman–Crippen MR) is 84.1 cm³/mol. The number of aryl methyl sites for hydroxylation is 1. The molecule has 1 amide bonds. The second-order valence-corrected chi connectivity index (χ2v) is 5.48. The molecule has 0 aliphatic heterocycles. The summed E-state index contributed by atoms with van der Waals surface area (Å²) in [7, 11) is 0. The van der Waals surface area contributed by atoms with Gasteiger partial charge in [0, 0.05) is 22.0 Å². The molecule has 0 atom stereocenters. The molecule has 2 N–H and O–H groups in total. The molecular formula is C16H13Cl2NO2. The molecule has 2 aromatic carbocycles. The minimum absolute atomic E-state index is 0.143. The van der Waals surface area contributed by atoms with Crippen LogP contribution in [0.3, 0.4) is 0 Å². The second-order valence-electron chi connectivity index (χ2n) is 4.60. The maximum atomic E-state index is 12.2. The number of nitrogens with two attached hydrogens (primary N) is 1. The Bertz CT molecular complexity index is 681. The van der Waals surface area contributed by atoms with Crippen molar-refractivity contribution in [3.8, 4) is 0 Å². The summed E-state index contributed by atoms with van der Waals surface area (Å²) in [4.78, 5) is 23.6. The van der Waals surface area contributed by atoms with E-state index in [1.54, 1.807) is 18.2 Å². The van der Waals surface area contributed by atoms with E-state index >= 15 is 0 Å². The highest BCUT2D eigenvalue weighted by Gasteiger charge is 2.15. The van der Waals surface area contributed by atoms with Crippen LogP contribution >= 0.6 is 23.2 Å². The molecule has 108 valence electrons. The molecule has 0 saturated heterocycles. The van der Waals surface area contributed by atoms with Crippen molar-refractivity contribution >= 4 is 34.9 Å². The van der Waals surface area contributed by atoms with Crippen LogP contribution in [0.2, 0.25) is 10.0 Å². The lowest BCUT2D eigenvalue weighted by atomic mass is 9.98. The van der Waals surface area contributed by atoms with E-state index in [4.69, 9.17) is 28.9 Å². The topological polar surface area (TPSA) is 60.2 Å². The third-order valence-corrected chi connectivity index (χ3v) is 3.59. The second kappa shape index (κ2) is 6.74.